The summed E-state index contributed by atoms with van der Waals surface area (Å²) in [5.74, 6) is 0.123. The molecule has 0 spiro atoms. The normalized spacial score (nSPS) is 18.3. The molecule has 0 amide bonds. The minimum absolute atomic E-state index is 0.119. The van der Waals surface area contributed by atoms with Crippen LogP contribution < -0.4 is 9.62 Å². The number of aryl methyl sites for hydroxylation is 1. The molecule has 1 unspecified atom stereocenters. The van der Waals surface area contributed by atoms with Gasteiger partial charge in [-0.2, -0.15) is 0 Å². The van der Waals surface area contributed by atoms with Crippen molar-refractivity contribution in [3.05, 3.63) is 65.7 Å². The lowest BCUT2D eigenvalue weighted by Crippen LogP contribution is -2.41. The van der Waals surface area contributed by atoms with Gasteiger partial charge in [-0.3, -0.25) is 4.31 Å². The van der Waals surface area contributed by atoms with Gasteiger partial charge in [-0.1, -0.05) is 48.5 Å². The average Bonchev–Trinajstić information content (AvgIpc) is 2.74. The first-order valence-electron chi connectivity index (χ1n) is 7.92. The maximum absolute atomic E-state index is 12.9. The van der Waals surface area contributed by atoms with Gasteiger partial charge >= 0.3 is 0 Å². The molecule has 0 saturated carbocycles. The summed E-state index contributed by atoms with van der Waals surface area (Å²) in [5, 5.41) is 3.37. The van der Waals surface area contributed by atoms with Crippen molar-refractivity contribution in [1.29, 1.82) is 0 Å². The average molecular weight is 330 g/mol. The number of nitrogens with one attached hydrogen (secondary N) is 1. The second-order valence-corrected chi connectivity index (χ2v) is 8.01. The molecule has 1 aliphatic rings. The Morgan fingerprint density at radius 3 is 2.57 bits per heavy atom. The Bertz CT molecular complexity index is 760. The summed E-state index contributed by atoms with van der Waals surface area (Å²) in [4.78, 5) is 0. The summed E-state index contributed by atoms with van der Waals surface area (Å²) in [7, 11) is -3.36. The number of sulfonamides is 1. The zero-order chi connectivity index (χ0) is 16.3. The van der Waals surface area contributed by atoms with Crippen molar-refractivity contribution in [3.8, 4) is 0 Å². The van der Waals surface area contributed by atoms with Crippen molar-refractivity contribution in [2.45, 2.75) is 25.9 Å². The van der Waals surface area contributed by atoms with E-state index in [0.29, 0.717) is 19.5 Å². The van der Waals surface area contributed by atoms with Crippen LogP contribution in [-0.4, -0.2) is 26.8 Å². The molecule has 1 N–H and O–H groups in total. The van der Waals surface area contributed by atoms with Crippen LogP contribution >= 0.6 is 0 Å². The number of hydrogen-bond donors (Lipinski definition) is 1. The van der Waals surface area contributed by atoms with Gasteiger partial charge in [-0.25, -0.2) is 8.42 Å². The SMILES string of the molecule is CC1CN(S(=O)(=O)CCc2ccccc2)c2ccccc2CN1. The van der Waals surface area contributed by atoms with Crippen LogP contribution in [0.5, 0.6) is 0 Å². The monoisotopic (exact) mass is 330 g/mol. The van der Waals surface area contributed by atoms with Crippen LogP contribution in [0.15, 0.2) is 54.6 Å². The van der Waals surface area contributed by atoms with Crippen molar-refractivity contribution >= 4 is 15.7 Å². The van der Waals surface area contributed by atoms with Crippen molar-refractivity contribution in [3.63, 3.8) is 0 Å². The summed E-state index contributed by atoms with van der Waals surface area (Å²) < 4.78 is 27.4. The number of nitrogens with zero attached hydrogens (tertiary/aromatic N) is 1. The highest BCUT2D eigenvalue weighted by atomic mass is 32.2. The van der Waals surface area contributed by atoms with Gasteiger partial charge in [-0.05, 0) is 30.5 Å². The van der Waals surface area contributed by atoms with E-state index in [1.807, 2.05) is 61.5 Å². The molecule has 2 aromatic rings. The number of hydrogen-bond acceptors (Lipinski definition) is 3. The van der Waals surface area contributed by atoms with Gasteiger partial charge in [0.15, 0.2) is 0 Å². The van der Waals surface area contributed by atoms with Gasteiger partial charge in [0.1, 0.15) is 0 Å². The van der Waals surface area contributed by atoms with Crippen LogP contribution in [0.2, 0.25) is 0 Å². The Hall–Kier alpha value is -1.85. The summed E-state index contributed by atoms with van der Waals surface area (Å²) >= 11 is 0. The lowest BCUT2D eigenvalue weighted by Gasteiger charge is -2.26. The van der Waals surface area contributed by atoms with Crippen LogP contribution in [0.25, 0.3) is 0 Å². The Kier molecular flexibility index (Phi) is 4.68. The first kappa shape index (κ1) is 16.0. The molecule has 0 radical (unpaired) electrons. The molecule has 2 aromatic carbocycles. The lowest BCUT2D eigenvalue weighted by atomic mass is 10.2. The quantitative estimate of drug-likeness (QED) is 0.937. The molecule has 5 heteroatoms. The topological polar surface area (TPSA) is 49.4 Å². The van der Waals surface area contributed by atoms with Crippen LogP contribution in [-0.2, 0) is 23.0 Å². The van der Waals surface area contributed by atoms with E-state index in [9.17, 15) is 8.42 Å². The Labute approximate surface area is 138 Å². The maximum atomic E-state index is 12.9. The van der Waals surface area contributed by atoms with Gasteiger partial charge in [0.25, 0.3) is 0 Å². The Morgan fingerprint density at radius 1 is 1.09 bits per heavy atom. The molecular formula is C18H22N2O2S. The van der Waals surface area contributed by atoms with E-state index in [-0.39, 0.29) is 11.8 Å². The first-order valence-corrected chi connectivity index (χ1v) is 9.53. The van der Waals surface area contributed by atoms with Crippen molar-refractivity contribution in [1.82, 2.24) is 5.32 Å². The van der Waals surface area contributed by atoms with Gasteiger partial charge in [0, 0.05) is 19.1 Å². The van der Waals surface area contributed by atoms with Gasteiger partial charge in [0.2, 0.25) is 10.0 Å². The second kappa shape index (κ2) is 6.72. The standard InChI is InChI=1S/C18H22N2O2S/c1-15-14-20(18-10-6-5-9-17(18)13-19-15)23(21,22)12-11-16-7-3-2-4-8-16/h2-10,15,19H,11-14H2,1H3. The summed E-state index contributed by atoms with van der Waals surface area (Å²) in [6, 6.07) is 17.6. The molecule has 1 heterocycles. The van der Waals surface area contributed by atoms with Gasteiger partial charge in [-0.15, -0.1) is 0 Å². The van der Waals surface area contributed by atoms with Gasteiger partial charge < -0.3 is 5.32 Å². The predicted octanol–water partition coefficient (Wildman–Crippen LogP) is 2.56. The minimum atomic E-state index is -3.36. The summed E-state index contributed by atoms with van der Waals surface area (Å²) in [6.07, 6.45) is 0.531. The fraction of sp³-hybridized carbons (Fsp3) is 0.333. The third-order valence-corrected chi connectivity index (χ3v) is 5.91. The second-order valence-electron chi connectivity index (χ2n) is 5.99. The molecule has 3 rings (SSSR count). The lowest BCUT2D eigenvalue weighted by molar-refractivity contribution is 0.556. The molecule has 0 fully saturated rings. The number of anilines is 1. The molecule has 1 atom stereocenters. The first-order chi connectivity index (χ1) is 11.1. The predicted molar refractivity (Wildman–Crippen MR) is 94.0 cm³/mol. The highest BCUT2D eigenvalue weighted by molar-refractivity contribution is 7.92. The van der Waals surface area contributed by atoms with E-state index in [1.54, 1.807) is 4.31 Å². The molecule has 0 bridgehead atoms. The molecule has 1 aliphatic heterocycles. The van der Waals surface area contributed by atoms with Crippen molar-refractivity contribution in [2.75, 3.05) is 16.6 Å². The largest absolute Gasteiger partial charge is 0.308 e. The fourth-order valence-electron chi connectivity index (χ4n) is 2.86. The smallest absolute Gasteiger partial charge is 0.235 e. The highest BCUT2D eigenvalue weighted by Crippen LogP contribution is 2.26. The Balaban J connectivity index is 1.85. The molecular weight excluding hydrogens is 308 g/mol. The zero-order valence-electron chi connectivity index (χ0n) is 13.3. The molecule has 0 aliphatic carbocycles. The molecule has 122 valence electrons. The number of fused-ring (bicyclic) bond motifs is 1. The van der Waals surface area contributed by atoms with Crippen LogP contribution in [0.4, 0.5) is 5.69 Å². The maximum Gasteiger partial charge on any atom is 0.235 e. The third kappa shape index (κ3) is 3.74. The zero-order valence-corrected chi connectivity index (χ0v) is 14.1. The third-order valence-electron chi connectivity index (χ3n) is 4.17. The van der Waals surface area contributed by atoms with Crippen LogP contribution in [0.1, 0.15) is 18.1 Å². The number of para-hydroxylation sites is 1. The Morgan fingerprint density at radius 2 is 1.78 bits per heavy atom. The molecule has 4 nitrogen and oxygen atoms in total. The van der Waals surface area contributed by atoms with E-state index in [2.05, 4.69) is 5.32 Å². The van der Waals surface area contributed by atoms with E-state index in [4.69, 9.17) is 0 Å². The van der Waals surface area contributed by atoms with Crippen molar-refractivity contribution < 1.29 is 8.42 Å². The minimum Gasteiger partial charge on any atom is -0.308 e. The van der Waals surface area contributed by atoms with Crippen molar-refractivity contribution in [2.24, 2.45) is 0 Å². The molecule has 0 aromatic heterocycles. The highest BCUT2D eigenvalue weighted by Gasteiger charge is 2.28. The summed E-state index contributed by atoms with van der Waals surface area (Å²) in [5.41, 5.74) is 2.88. The van der Waals surface area contributed by atoms with E-state index in [0.717, 1.165) is 16.8 Å². The summed E-state index contributed by atoms with van der Waals surface area (Å²) in [6.45, 7) is 3.18. The van der Waals surface area contributed by atoms with E-state index >= 15 is 0 Å². The van der Waals surface area contributed by atoms with E-state index in [1.165, 1.54) is 0 Å². The van der Waals surface area contributed by atoms with Crippen LogP contribution in [0.3, 0.4) is 0 Å². The number of rotatable bonds is 4. The molecule has 0 saturated heterocycles. The molecule has 23 heavy (non-hydrogen) atoms. The van der Waals surface area contributed by atoms with E-state index < -0.39 is 10.0 Å². The van der Waals surface area contributed by atoms with Crippen LogP contribution in [0, 0.1) is 0 Å². The fourth-order valence-corrected chi connectivity index (χ4v) is 4.51. The van der Waals surface area contributed by atoms with Gasteiger partial charge in [0.05, 0.1) is 11.4 Å². The number of benzene rings is 2.